The van der Waals surface area contributed by atoms with Gasteiger partial charge in [-0.05, 0) is 48.1 Å². The lowest BCUT2D eigenvalue weighted by Crippen LogP contribution is -2.21. The van der Waals surface area contributed by atoms with Crippen LogP contribution in [0.4, 0.5) is 0 Å². The normalized spacial score (nSPS) is 11.6. The topological polar surface area (TPSA) is 0 Å². The van der Waals surface area contributed by atoms with Gasteiger partial charge in [0.15, 0.2) is 0 Å². The molecule has 1 radical (unpaired) electrons. The lowest BCUT2D eigenvalue weighted by molar-refractivity contribution is 0.624. The second kappa shape index (κ2) is 6.26. The summed E-state index contributed by atoms with van der Waals surface area (Å²) in [6, 6.07) is 18.6. The maximum absolute atomic E-state index is 3.53. The second-order valence-corrected chi connectivity index (χ2v) is 6.11. The fourth-order valence-electron chi connectivity index (χ4n) is 2.87. The third-order valence-electron chi connectivity index (χ3n) is 4.24. The van der Waals surface area contributed by atoms with Crippen molar-refractivity contribution < 1.29 is 0 Å². The van der Waals surface area contributed by atoms with Crippen molar-refractivity contribution in [2.45, 2.75) is 52.4 Å². The zero-order valence-corrected chi connectivity index (χ0v) is 13.2. The van der Waals surface area contributed by atoms with E-state index in [0.717, 1.165) is 6.42 Å². The summed E-state index contributed by atoms with van der Waals surface area (Å²) < 4.78 is 0. The quantitative estimate of drug-likeness (QED) is 0.673. The Kier molecular flexibility index (Phi) is 4.65. The SMILES string of the molecule is CCCCc1c(C(C)(C)c2ccccc2)[c]ccc1C. The summed E-state index contributed by atoms with van der Waals surface area (Å²) in [5.74, 6) is 0. The van der Waals surface area contributed by atoms with E-state index in [9.17, 15) is 0 Å². The van der Waals surface area contributed by atoms with E-state index in [1.165, 1.54) is 35.1 Å². The Morgan fingerprint density at radius 2 is 1.75 bits per heavy atom. The molecule has 0 N–H and O–H groups in total. The summed E-state index contributed by atoms with van der Waals surface area (Å²) in [7, 11) is 0. The molecule has 0 heterocycles. The highest BCUT2D eigenvalue weighted by atomic mass is 14.3. The molecule has 2 rings (SSSR count). The van der Waals surface area contributed by atoms with Gasteiger partial charge in [-0.3, -0.25) is 0 Å². The summed E-state index contributed by atoms with van der Waals surface area (Å²) in [4.78, 5) is 0. The molecule has 2 aromatic carbocycles. The van der Waals surface area contributed by atoms with Crippen LogP contribution in [0, 0.1) is 13.0 Å². The molecule has 0 nitrogen and oxygen atoms in total. The average molecular weight is 265 g/mol. The van der Waals surface area contributed by atoms with Crippen LogP contribution in [0.3, 0.4) is 0 Å². The van der Waals surface area contributed by atoms with Crippen LogP contribution < -0.4 is 0 Å². The lowest BCUT2D eigenvalue weighted by atomic mass is 9.74. The van der Waals surface area contributed by atoms with Crippen molar-refractivity contribution in [3.05, 3.63) is 70.8 Å². The molecule has 0 aromatic heterocycles. The van der Waals surface area contributed by atoms with Crippen molar-refractivity contribution in [1.82, 2.24) is 0 Å². The molecule has 0 aliphatic rings. The molecule has 0 spiro atoms. The third kappa shape index (κ3) is 2.95. The predicted molar refractivity (Wildman–Crippen MR) is 87.2 cm³/mol. The number of hydrogen-bond acceptors (Lipinski definition) is 0. The molecule has 0 amide bonds. The summed E-state index contributed by atoms with van der Waals surface area (Å²) in [6.07, 6.45) is 3.64. The van der Waals surface area contributed by atoms with Crippen LogP contribution in [0.5, 0.6) is 0 Å². The molecule has 2 aromatic rings. The highest BCUT2D eigenvalue weighted by Gasteiger charge is 2.26. The average Bonchev–Trinajstić information content (AvgIpc) is 2.46. The molecule has 0 aliphatic heterocycles. The second-order valence-electron chi connectivity index (χ2n) is 6.11. The molecule has 20 heavy (non-hydrogen) atoms. The van der Waals surface area contributed by atoms with Crippen molar-refractivity contribution in [2.24, 2.45) is 0 Å². The molecule has 0 saturated carbocycles. The van der Waals surface area contributed by atoms with Crippen molar-refractivity contribution in [2.75, 3.05) is 0 Å². The monoisotopic (exact) mass is 265 g/mol. The highest BCUT2D eigenvalue weighted by molar-refractivity contribution is 5.44. The van der Waals surface area contributed by atoms with Crippen LogP contribution in [0.15, 0.2) is 42.5 Å². The molecule has 105 valence electrons. The van der Waals surface area contributed by atoms with Crippen molar-refractivity contribution >= 4 is 0 Å². The molecule has 0 fully saturated rings. The molecule has 0 unspecified atom stereocenters. The van der Waals surface area contributed by atoms with Gasteiger partial charge in [0, 0.05) is 5.41 Å². The van der Waals surface area contributed by atoms with Crippen molar-refractivity contribution in [3.63, 3.8) is 0 Å². The molecule has 0 bridgehead atoms. The third-order valence-corrected chi connectivity index (χ3v) is 4.24. The molecule has 0 saturated heterocycles. The zero-order valence-electron chi connectivity index (χ0n) is 13.2. The Balaban J connectivity index is 2.48. The summed E-state index contributed by atoms with van der Waals surface area (Å²) >= 11 is 0. The first kappa shape index (κ1) is 14.8. The van der Waals surface area contributed by atoms with Gasteiger partial charge in [0.05, 0.1) is 0 Å². The minimum atomic E-state index is 0.0103. The van der Waals surface area contributed by atoms with Gasteiger partial charge in [0.1, 0.15) is 0 Å². The Bertz CT molecular complexity index is 550. The molecular formula is C20H25. The number of hydrogen-bond donors (Lipinski definition) is 0. The molecule has 0 aliphatic carbocycles. The molecule has 0 heteroatoms. The standard InChI is InChI=1S/C20H25/c1-5-6-14-18-16(2)11-10-15-19(18)20(3,4)17-12-8-7-9-13-17/h7-13H,5-6,14H2,1-4H3. The Morgan fingerprint density at radius 1 is 1.05 bits per heavy atom. The van der Waals surface area contributed by atoms with Crippen LogP contribution in [0.2, 0.25) is 0 Å². The van der Waals surface area contributed by atoms with Crippen molar-refractivity contribution in [3.8, 4) is 0 Å². The van der Waals surface area contributed by atoms with Gasteiger partial charge in [-0.25, -0.2) is 0 Å². The van der Waals surface area contributed by atoms with Crippen LogP contribution in [0.25, 0.3) is 0 Å². The minimum absolute atomic E-state index is 0.0103. The van der Waals surface area contributed by atoms with Gasteiger partial charge in [0.2, 0.25) is 0 Å². The first-order valence-corrected chi connectivity index (χ1v) is 7.63. The van der Waals surface area contributed by atoms with Crippen LogP contribution in [-0.2, 0) is 11.8 Å². The van der Waals surface area contributed by atoms with E-state index in [1.54, 1.807) is 0 Å². The van der Waals surface area contributed by atoms with E-state index >= 15 is 0 Å². The largest absolute Gasteiger partial charge is 0.0654 e. The maximum Gasteiger partial charge on any atom is 0.0155 e. The van der Waals surface area contributed by atoms with Gasteiger partial charge in [-0.1, -0.05) is 69.7 Å². The number of rotatable bonds is 5. The van der Waals surface area contributed by atoms with Gasteiger partial charge in [-0.15, -0.1) is 0 Å². The van der Waals surface area contributed by atoms with Gasteiger partial charge >= 0.3 is 0 Å². The fourth-order valence-corrected chi connectivity index (χ4v) is 2.87. The number of aryl methyl sites for hydroxylation is 1. The Morgan fingerprint density at radius 3 is 2.40 bits per heavy atom. The zero-order chi connectivity index (χ0) is 14.6. The van der Waals surface area contributed by atoms with Gasteiger partial charge < -0.3 is 0 Å². The first-order valence-electron chi connectivity index (χ1n) is 7.63. The van der Waals surface area contributed by atoms with E-state index in [2.05, 4.69) is 76.2 Å². The van der Waals surface area contributed by atoms with E-state index in [0.29, 0.717) is 0 Å². The number of unbranched alkanes of at least 4 members (excludes halogenated alkanes) is 1. The first-order chi connectivity index (χ1) is 9.57. The van der Waals surface area contributed by atoms with Crippen LogP contribution in [-0.4, -0.2) is 0 Å². The summed E-state index contributed by atoms with van der Waals surface area (Å²) in [5.41, 5.74) is 5.62. The summed E-state index contributed by atoms with van der Waals surface area (Å²) in [6.45, 7) is 9.10. The Hall–Kier alpha value is -1.56. The fraction of sp³-hybridized carbons (Fsp3) is 0.400. The lowest BCUT2D eigenvalue weighted by Gasteiger charge is -2.29. The van der Waals surface area contributed by atoms with E-state index in [1.807, 2.05) is 0 Å². The van der Waals surface area contributed by atoms with E-state index < -0.39 is 0 Å². The van der Waals surface area contributed by atoms with Crippen LogP contribution >= 0.6 is 0 Å². The Labute approximate surface area is 123 Å². The maximum atomic E-state index is 3.53. The van der Waals surface area contributed by atoms with Crippen LogP contribution in [0.1, 0.15) is 55.9 Å². The van der Waals surface area contributed by atoms with E-state index in [4.69, 9.17) is 0 Å². The number of benzene rings is 2. The molecule has 0 atom stereocenters. The highest BCUT2D eigenvalue weighted by Crippen LogP contribution is 2.34. The molecular weight excluding hydrogens is 240 g/mol. The van der Waals surface area contributed by atoms with Gasteiger partial charge in [0.25, 0.3) is 0 Å². The van der Waals surface area contributed by atoms with Gasteiger partial charge in [-0.2, -0.15) is 0 Å². The smallest absolute Gasteiger partial charge is 0.0155 e. The van der Waals surface area contributed by atoms with Crippen molar-refractivity contribution in [1.29, 1.82) is 0 Å². The predicted octanol–water partition coefficient (Wildman–Crippen LogP) is 5.46. The summed E-state index contributed by atoms with van der Waals surface area (Å²) in [5, 5.41) is 0. The minimum Gasteiger partial charge on any atom is -0.0654 e. The van der Waals surface area contributed by atoms with E-state index in [-0.39, 0.29) is 5.41 Å².